The van der Waals surface area contributed by atoms with Gasteiger partial charge >= 0.3 is 11.9 Å². The van der Waals surface area contributed by atoms with Crippen LogP contribution in [0.15, 0.2) is 103 Å². The zero-order valence-electron chi connectivity index (χ0n) is 24.7. The number of carbonyl (C=O) groups is 5. The molecular formula is C37H31NO7. The maximum atomic E-state index is 13.5. The number of anilines is 1. The number of nitrogens with zero attached hydrogens (tertiary/aromatic N) is 1. The monoisotopic (exact) mass is 601 g/mol. The van der Waals surface area contributed by atoms with Crippen LogP contribution in [0, 0.1) is 18.8 Å². The Hall–Kier alpha value is -5.37. The molecule has 0 aromatic heterocycles. The fourth-order valence-electron chi connectivity index (χ4n) is 6.10. The molecule has 2 fully saturated rings. The van der Waals surface area contributed by atoms with Gasteiger partial charge in [-0.05, 0) is 92.3 Å². The molecule has 2 aliphatic rings. The average Bonchev–Trinajstić information content (AvgIpc) is 3.32. The van der Waals surface area contributed by atoms with Crippen LogP contribution in [0.4, 0.5) is 5.69 Å². The Labute approximate surface area is 260 Å². The third kappa shape index (κ3) is 6.31. The smallest absolute Gasteiger partial charge is 0.343 e. The van der Waals surface area contributed by atoms with Crippen molar-refractivity contribution in [3.8, 4) is 5.75 Å². The maximum Gasteiger partial charge on any atom is 0.343 e. The highest BCUT2D eigenvalue weighted by Gasteiger charge is 2.50. The van der Waals surface area contributed by atoms with Crippen LogP contribution in [0.5, 0.6) is 5.75 Å². The summed E-state index contributed by atoms with van der Waals surface area (Å²) in [5, 5.41) is 0. The predicted octanol–water partition coefficient (Wildman–Crippen LogP) is 6.33. The summed E-state index contributed by atoms with van der Waals surface area (Å²) < 4.78 is 10.6. The molecular weight excluding hydrogens is 570 g/mol. The van der Waals surface area contributed by atoms with E-state index in [4.69, 9.17) is 9.47 Å². The third-order valence-electron chi connectivity index (χ3n) is 8.54. The number of hydrogen-bond acceptors (Lipinski definition) is 7. The minimum absolute atomic E-state index is 0.122. The van der Waals surface area contributed by atoms with Crippen LogP contribution in [-0.4, -0.2) is 36.1 Å². The van der Waals surface area contributed by atoms with Crippen LogP contribution < -0.4 is 9.64 Å². The first kappa shape index (κ1) is 29.7. The number of ether oxygens (including phenoxy) is 2. The summed E-state index contributed by atoms with van der Waals surface area (Å²) in [6.45, 7) is 1.40. The lowest BCUT2D eigenvalue weighted by Crippen LogP contribution is -2.31. The number of ketones is 1. The van der Waals surface area contributed by atoms with Gasteiger partial charge in [0.05, 0.1) is 28.7 Å². The standard InChI is InChI=1S/C37H31NO7/c1-23-10-12-26(13-11-23)37(43)45-30-17-14-25(15-18-30)33(39)22-44-36(42)28-8-5-9-29(20-28)38-34(40)31-19-16-27(21-32(31)35(38)41)24-6-3-2-4-7-24/h2-15,17-18,20,27,31-32H,16,19,21-22H2,1H3. The van der Waals surface area contributed by atoms with E-state index in [0.717, 1.165) is 12.0 Å². The summed E-state index contributed by atoms with van der Waals surface area (Å²) in [7, 11) is 0. The van der Waals surface area contributed by atoms with Crippen molar-refractivity contribution in [1.29, 1.82) is 0 Å². The van der Waals surface area contributed by atoms with Gasteiger partial charge in [-0.15, -0.1) is 0 Å². The van der Waals surface area contributed by atoms with Crippen molar-refractivity contribution in [2.45, 2.75) is 32.1 Å². The Morgan fingerprint density at radius 1 is 0.711 bits per heavy atom. The van der Waals surface area contributed by atoms with Gasteiger partial charge in [-0.2, -0.15) is 0 Å². The first-order valence-electron chi connectivity index (χ1n) is 14.9. The van der Waals surface area contributed by atoms with Crippen molar-refractivity contribution in [2.24, 2.45) is 11.8 Å². The molecule has 3 unspecified atom stereocenters. The van der Waals surface area contributed by atoms with Crippen LogP contribution in [0.1, 0.15) is 67.4 Å². The van der Waals surface area contributed by atoms with E-state index in [9.17, 15) is 24.0 Å². The van der Waals surface area contributed by atoms with Crippen molar-refractivity contribution in [3.05, 3.63) is 131 Å². The molecule has 45 heavy (non-hydrogen) atoms. The molecule has 0 N–H and O–H groups in total. The van der Waals surface area contributed by atoms with Crippen LogP contribution in [0.3, 0.4) is 0 Å². The number of amides is 2. The zero-order valence-corrected chi connectivity index (χ0v) is 24.7. The molecule has 4 aromatic carbocycles. The Balaban J connectivity index is 1.06. The van der Waals surface area contributed by atoms with Gasteiger partial charge < -0.3 is 9.47 Å². The summed E-state index contributed by atoms with van der Waals surface area (Å²) in [6, 6.07) is 29.1. The Morgan fingerprint density at radius 3 is 2.13 bits per heavy atom. The molecule has 1 aliphatic carbocycles. The van der Waals surface area contributed by atoms with Gasteiger partial charge in [0, 0.05) is 5.56 Å². The van der Waals surface area contributed by atoms with Gasteiger partial charge in [-0.3, -0.25) is 19.3 Å². The molecule has 0 radical (unpaired) electrons. The van der Waals surface area contributed by atoms with Crippen molar-refractivity contribution < 1.29 is 33.4 Å². The number of carbonyl (C=O) groups excluding carboxylic acids is 5. The quantitative estimate of drug-likeness (QED) is 0.101. The summed E-state index contributed by atoms with van der Waals surface area (Å²) in [5.74, 6) is -2.50. The molecule has 4 aromatic rings. The van der Waals surface area contributed by atoms with E-state index in [0.29, 0.717) is 24.1 Å². The molecule has 226 valence electrons. The van der Waals surface area contributed by atoms with E-state index in [-0.39, 0.29) is 40.5 Å². The van der Waals surface area contributed by atoms with Crippen LogP contribution in [0.2, 0.25) is 0 Å². The molecule has 1 heterocycles. The lowest BCUT2D eigenvalue weighted by atomic mass is 9.73. The molecule has 2 amide bonds. The van der Waals surface area contributed by atoms with Gasteiger partial charge in [-0.25, -0.2) is 9.59 Å². The van der Waals surface area contributed by atoms with Crippen molar-refractivity contribution in [1.82, 2.24) is 0 Å². The first-order chi connectivity index (χ1) is 21.8. The maximum absolute atomic E-state index is 13.5. The SMILES string of the molecule is Cc1ccc(C(=O)Oc2ccc(C(=O)COC(=O)c3cccc(N4C(=O)C5CCC(c6ccccc6)CC5C4=O)c3)cc2)cc1. The topological polar surface area (TPSA) is 107 Å². The van der Waals surface area contributed by atoms with E-state index in [1.165, 1.54) is 46.9 Å². The van der Waals surface area contributed by atoms with Crippen LogP contribution in [-0.2, 0) is 14.3 Å². The summed E-state index contributed by atoms with van der Waals surface area (Å²) >= 11 is 0. The van der Waals surface area contributed by atoms with Crippen molar-refractivity contribution >= 4 is 35.2 Å². The molecule has 1 saturated carbocycles. The molecule has 8 heteroatoms. The largest absolute Gasteiger partial charge is 0.454 e. The van der Waals surface area contributed by atoms with Crippen LogP contribution >= 0.6 is 0 Å². The minimum atomic E-state index is -0.755. The van der Waals surface area contributed by atoms with Crippen LogP contribution in [0.25, 0.3) is 0 Å². The second-order valence-corrected chi connectivity index (χ2v) is 11.5. The van der Waals surface area contributed by atoms with E-state index in [1.807, 2.05) is 37.3 Å². The van der Waals surface area contributed by atoms with Crippen molar-refractivity contribution in [3.63, 3.8) is 0 Å². The normalized spacial score (nSPS) is 19.1. The van der Waals surface area contributed by atoms with E-state index in [1.54, 1.807) is 24.3 Å². The number of benzene rings is 4. The molecule has 0 spiro atoms. The molecule has 1 aliphatic heterocycles. The number of imide groups is 1. The summed E-state index contributed by atoms with van der Waals surface area (Å²) in [6.07, 6.45) is 2.07. The van der Waals surface area contributed by atoms with E-state index >= 15 is 0 Å². The second kappa shape index (κ2) is 12.7. The Morgan fingerprint density at radius 2 is 1.40 bits per heavy atom. The number of aryl methyl sites for hydroxylation is 1. The van der Waals surface area contributed by atoms with Crippen molar-refractivity contribution in [2.75, 3.05) is 11.5 Å². The van der Waals surface area contributed by atoms with E-state index in [2.05, 4.69) is 12.1 Å². The highest BCUT2D eigenvalue weighted by molar-refractivity contribution is 6.22. The number of fused-ring (bicyclic) bond motifs is 1. The highest BCUT2D eigenvalue weighted by atomic mass is 16.5. The molecule has 6 rings (SSSR count). The number of rotatable bonds is 8. The summed E-state index contributed by atoms with van der Waals surface area (Å²) in [4.78, 5) is 65.9. The fourth-order valence-corrected chi connectivity index (χ4v) is 6.10. The van der Waals surface area contributed by atoms with Gasteiger partial charge in [0.25, 0.3) is 0 Å². The summed E-state index contributed by atoms with van der Waals surface area (Å²) in [5.41, 5.74) is 3.31. The molecule has 3 atom stereocenters. The Kier molecular flexibility index (Phi) is 8.38. The fraction of sp³-hybridized carbons (Fsp3) is 0.216. The van der Waals surface area contributed by atoms with E-state index < -0.39 is 30.2 Å². The van der Waals surface area contributed by atoms with Gasteiger partial charge in [0.15, 0.2) is 12.4 Å². The number of Topliss-reactive ketones (excluding diaryl/α,β-unsaturated/α-hetero) is 1. The molecule has 1 saturated heterocycles. The number of hydrogen-bond donors (Lipinski definition) is 0. The van der Waals surface area contributed by atoms with Gasteiger partial charge in [-0.1, -0.05) is 54.1 Å². The third-order valence-corrected chi connectivity index (χ3v) is 8.54. The number of esters is 2. The van der Waals surface area contributed by atoms with Gasteiger partial charge in [0.2, 0.25) is 11.8 Å². The molecule has 0 bridgehead atoms. The Bertz CT molecular complexity index is 1760. The predicted molar refractivity (Wildman–Crippen MR) is 166 cm³/mol. The van der Waals surface area contributed by atoms with Gasteiger partial charge in [0.1, 0.15) is 5.75 Å². The first-order valence-corrected chi connectivity index (χ1v) is 14.9. The second-order valence-electron chi connectivity index (χ2n) is 11.5. The minimum Gasteiger partial charge on any atom is -0.454 e. The zero-order chi connectivity index (χ0) is 31.5. The average molecular weight is 602 g/mol. The lowest BCUT2D eigenvalue weighted by molar-refractivity contribution is -0.122. The highest BCUT2D eigenvalue weighted by Crippen LogP contribution is 2.45. The lowest BCUT2D eigenvalue weighted by Gasteiger charge is -2.28. The molecule has 8 nitrogen and oxygen atoms in total.